The van der Waals surface area contributed by atoms with Crippen molar-refractivity contribution in [2.24, 2.45) is 5.73 Å². The third-order valence-corrected chi connectivity index (χ3v) is 4.39. The fraction of sp³-hybridized carbons (Fsp3) is 0.0500. The number of nitrogens with one attached hydrogen (secondary N) is 1. The van der Waals surface area contributed by atoms with E-state index < -0.39 is 5.91 Å². The maximum Gasteiger partial charge on any atom is 0.290 e. The van der Waals surface area contributed by atoms with Crippen LogP contribution in [0.1, 0.15) is 16.1 Å². The lowest BCUT2D eigenvalue weighted by molar-refractivity contribution is -0.586. The molecule has 1 aromatic carbocycles. The van der Waals surface area contributed by atoms with Gasteiger partial charge in [-0.2, -0.15) is 0 Å². The SMILES string of the molecule is Cc1cc(-c2cc(N)cnc2Oc2cccc(C(N)=O)c2)c2cc[nH]c2[n+]1[O-]. The summed E-state index contributed by atoms with van der Waals surface area (Å²) < 4.78 is 6.76. The van der Waals surface area contributed by atoms with Crippen molar-refractivity contribution in [1.82, 2.24) is 9.97 Å². The summed E-state index contributed by atoms with van der Waals surface area (Å²) in [7, 11) is 0. The van der Waals surface area contributed by atoms with Gasteiger partial charge in [0.25, 0.3) is 5.65 Å². The number of aryl methyl sites for hydroxylation is 1. The Morgan fingerprint density at radius 1 is 1.21 bits per heavy atom. The smallest absolute Gasteiger partial charge is 0.290 e. The van der Waals surface area contributed by atoms with Crippen LogP contribution < -0.4 is 20.9 Å². The van der Waals surface area contributed by atoms with Crippen molar-refractivity contribution in [2.75, 3.05) is 5.73 Å². The number of nitrogens with two attached hydrogens (primary N) is 2. The summed E-state index contributed by atoms with van der Waals surface area (Å²) in [5.41, 5.74) is 14.4. The number of pyridine rings is 2. The largest absolute Gasteiger partial charge is 0.710 e. The molecule has 0 fully saturated rings. The second kappa shape index (κ2) is 6.58. The third kappa shape index (κ3) is 2.96. The average Bonchev–Trinajstić information content (AvgIpc) is 3.16. The van der Waals surface area contributed by atoms with Gasteiger partial charge in [0.05, 0.1) is 23.5 Å². The zero-order valence-electron chi connectivity index (χ0n) is 15.0. The lowest BCUT2D eigenvalue weighted by Crippen LogP contribution is -2.31. The van der Waals surface area contributed by atoms with E-state index in [1.165, 1.54) is 12.3 Å². The Morgan fingerprint density at radius 3 is 2.82 bits per heavy atom. The fourth-order valence-corrected chi connectivity index (χ4v) is 3.06. The summed E-state index contributed by atoms with van der Waals surface area (Å²) in [5, 5.41) is 13.0. The van der Waals surface area contributed by atoms with Crippen LogP contribution in [-0.2, 0) is 0 Å². The standard InChI is InChI=1S/C20H17N5O3/c1-11-7-16(15-5-6-23-19(15)25(11)27)17-9-13(21)10-24-20(17)28-14-4-2-3-12(8-14)18(22)26/h2-10,23H,21H2,1H3,(H2,22,26). The summed E-state index contributed by atoms with van der Waals surface area (Å²) in [4.78, 5) is 18.7. The molecule has 0 aliphatic rings. The first-order valence-corrected chi connectivity index (χ1v) is 8.48. The van der Waals surface area contributed by atoms with Gasteiger partial charge in [-0.05, 0) is 43.3 Å². The first kappa shape index (κ1) is 17.3. The Morgan fingerprint density at radius 2 is 2.04 bits per heavy atom. The van der Waals surface area contributed by atoms with Gasteiger partial charge in [0.15, 0.2) is 0 Å². The van der Waals surface area contributed by atoms with Crippen molar-refractivity contribution in [2.45, 2.75) is 6.92 Å². The van der Waals surface area contributed by atoms with Crippen LogP contribution in [0.25, 0.3) is 22.2 Å². The number of hydrogen-bond acceptors (Lipinski definition) is 5. The summed E-state index contributed by atoms with van der Waals surface area (Å²) in [6, 6.07) is 11.8. The van der Waals surface area contributed by atoms with Crippen molar-refractivity contribution >= 4 is 22.6 Å². The average molecular weight is 375 g/mol. The van der Waals surface area contributed by atoms with Crippen molar-refractivity contribution in [1.29, 1.82) is 0 Å². The zero-order valence-corrected chi connectivity index (χ0v) is 15.0. The first-order valence-electron chi connectivity index (χ1n) is 8.48. The van der Waals surface area contributed by atoms with Gasteiger partial charge in [0, 0.05) is 16.7 Å². The highest BCUT2D eigenvalue weighted by Gasteiger charge is 2.18. The highest BCUT2D eigenvalue weighted by atomic mass is 16.5. The molecule has 4 rings (SSSR count). The van der Waals surface area contributed by atoms with E-state index in [4.69, 9.17) is 16.2 Å². The number of fused-ring (bicyclic) bond motifs is 1. The molecule has 0 atom stereocenters. The van der Waals surface area contributed by atoms with Gasteiger partial charge >= 0.3 is 0 Å². The summed E-state index contributed by atoms with van der Waals surface area (Å²) >= 11 is 0. The van der Waals surface area contributed by atoms with Crippen molar-refractivity contribution < 1.29 is 14.3 Å². The molecule has 28 heavy (non-hydrogen) atoms. The number of rotatable bonds is 4. The highest BCUT2D eigenvalue weighted by Crippen LogP contribution is 2.36. The van der Waals surface area contributed by atoms with Gasteiger partial charge in [-0.3, -0.25) is 4.79 Å². The van der Waals surface area contributed by atoms with Gasteiger partial charge in [-0.15, -0.1) is 0 Å². The van der Waals surface area contributed by atoms with E-state index in [-0.39, 0.29) is 0 Å². The minimum atomic E-state index is -0.552. The number of primary amides is 1. The van der Waals surface area contributed by atoms with Crippen LogP contribution in [0.15, 0.2) is 54.9 Å². The van der Waals surface area contributed by atoms with Crippen LogP contribution >= 0.6 is 0 Å². The topological polar surface area (TPSA) is 134 Å². The number of carbonyl (C=O) groups excluding carboxylic acids is 1. The van der Waals surface area contributed by atoms with E-state index in [9.17, 15) is 10.0 Å². The van der Waals surface area contributed by atoms with Crippen molar-refractivity contribution in [3.8, 4) is 22.8 Å². The van der Waals surface area contributed by atoms with Crippen LogP contribution in [0.5, 0.6) is 11.6 Å². The molecule has 1 amide bonds. The molecule has 8 heteroatoms. The fourth-order valence-electron chi connectivity index (χ4n) is 3.06. The molecule has 0 saturated carbocycles. The molecule has 140 valence electrons. The van der Waals surface area contributed by atoms with E-state index in [2.05, 4.69) is 9.97 Å². The van der Waals surface area contributed by atoms with Crippen molar-refractivity contribution in [3.05, 3.63) is 71.3 Å². The molecule has 8 nitrogen and oxygen atoms in total. The molecular weight excluding hydrogens is 358 g/mol. The van der Waals surface area contributed by atoms with Gasteiger partial charge in [-0.25, -0.2) is 14.7 Å². The molecule has 3 heterocycles. The number of nitrogens with zero attached hydrogens (tertiary/aromatic N) is 2. The van der Waals surface area contributed by atoms with E-state index in [0.29, 0.717) is 45.2 Å². The Bertz CT molecular complexity index is 1220. The van der Waals surface area contributed by atoms with E-state index in [1.807, 2.05) is 0 Å². The van der Waals surface area contributed by atoms with Crippen LogP contribution in [0, 0.1) is 12.1 Å². The molecule has 0 aliphatic carbocycles. The number of carbonyl (C=O) groups is 1. The number of H-pyrrole nitrogens is 1. The Labute approximate surface area is 160 Å². The number of amides is 1. The van der Waals surface area contributed by atoms with Crippen LogP contribution in [-0.4, -0.2) is 15.9 Å². The summed E-state index contributed by atoms with van der Waals surface area (Å²) in [6.07, 6.45) is 3.17. The molecule has 0 spiro atoms. The Kier molecular flexibility index (Phi) is 4.08. The lowest BCUT2D eigenvalue weighted by atomic mass is 10.0. The maximum absolute atomic E-state index is 12.3. The van der Waals surface area contributed by atoms with E-state index in [1.54, 1.807) is 49.5 Å². The van der Waals surface area contributed by atoms with Gasteiger partial charge in [-0.1, -0.05) is 6.07 Å². The molecule has 0 unspecified atom stereocenters. The molecule has 0 aliphatic heterocycles. The first-order chi connectivity index (χ1) is 13.4. The second-order valence-electron chi connectivity index (χ2n) is 6.35. The number of benzene rings is 1. The summed E-state index contributed by atoms with van der Waals surface area (Å²) in [6.45, 7) is 1.72. The monoisotopic (exact) mass is 375 g/mol. The number of hydrogen-bond donors (Lipinski definition) is 3. The predicted octanol–water partition coefficient (Wildman–Crippen LogP) is 2.65. The minimum Gasteiger partial charge on any atom is -0.710 e. The van der Waals surface area contributed by atoms with Gasteiger partial charge in [0.2, 0.25) is 11.8 Å². The number of aromatic amines is 1. The Hall–Kier alpha value is -4.07. The quantitative estimate of drug-likeness (QED) is 0.372. The third-order valence-electron chi connectivity index (χ3n) is 4.39. The van der Waals surface area contributed by atoms with Gasteiger partial charge in [0.1, 0.15) is 11.4 Å². The molecule has 0 bridgehead atoms. The lowest BCUT2D eigenvalue weighted by Gasteiger charge is -2.14. The molecule has 3 aromatic heterocycles. The molecule has 0 saturated heterocycles. The number of nitrogen functional groups attached to an aromatic ring is 1. The van der Waals surface area contributed by atoms with Gasteiger partial charge < -0.3 is 21.4 Å². The van der Waals surface area contributed by atoms with Crippen LogP contribution in [0.3, 0.4) is 0 Å². The number of aromatic nitrogens is 3. The minimum absolute atomic E-state index is 0.293. The molecule has 4 aromatic rings. The normalized spacial score (nSPS) is 10.9. The summed E-state index contributed by atoms with van der Waals surface area (Å²) in [5.74, 6) is 0.150. The van der Waals surface area contributed by atoms with Crippen LogP contribution in [0.2, 0.25) is 0 Å². The predicted molar refractivity (Wildman–Crippen MR) is 105 cm³/mol. The second-order valence-corrected chi connectivity index (χ2v) is 6.35. The number of ether oxygens (including phenoxy) is 1. The molecular formula is C20H17N5O3. The zero-order chi connectivity index (χ0) is 19.8. The molecule has 5 N–H and O–H groups in total. The van der Waals surface area contributed by atoms with Crippen LogP contribution in [0.4, 0.5) is 5.69 Å². The Balaban J connectivity index is 1.87. The van der Waals surface area contributed by atoms with E-state index in [0.717, 1.165) is 10.3 Å². The molecule has 0 radical (unpaired) electrons. The number of anilines is 1. The van der Waals surface area contributed by atoms with Crippen molar-refractivity contribution in [3.63, 3.8) is 0 Å². The van der Waals surface area contributed by atoms with E-state index >= 15 is 0 Å². The maximum atomic E-state index is 12.3. The highest BCUT2D eigenvalue weighted by molar-refractivity contribution is 5.94.